The maximum atomic E-state index is 12.3. The fourth-order valence-corrected chi connectivity index (χ4v) is 2.30. The number of ketones is 2. The van der Waals surface area contributed by atoms with Crippen molar-refractivity contribution in [1.29, 1.82) is 0 Å². The van der Waals surface area contributed by atoms with Crippen molar-refractivity contribution in [2.45, 2.75) is 0 Å². The van der Waals surface area contributed by atoms with Crippen LogP contribution in [0.15, 0.2) is 59.3 Å². The number of halogens is 1. The summed E-state index contributed by atoms with van der Waals surface area (Å²) in [7, 11) is 0. The molecule has 0 aliphatic rings. The Hall–Kier alpha value is -2.27. The molecule has 0 atom stereocenters. The Morgan fingerprint density at radius 1 is 1.00 bits per heavy atom. The summed E-state index contributed by atoms with van der Waals surface area (Å²) >= 11 is 3.34. The first-order valence-corrected chi connectivity index (χ1v) is 6.73. The van der Waals surface area contributed by atoms with Gasteiger partial charge >= 0.3 is 0 Å². The first kappa shape index (κ1) is 12.7. The molecule has 0 aliphatic heterocycles. The molecule has 3 aromatic rings. The number of pyridine rings is 1. The molecule has 5 heteroatoms. The zero-order valence-corrected chi connectivity index (χ0v) is 11.9. The van der Waals surface area contributed by atoms with Crippen LogP contribution in [0.1, 0.15) is 20.8 Å². The number of imidazole rings is 1. The van der Waals surface area contributed by atoms with Gasteiger partial charge in [-0.3, -0.25) is 14.0 Å². The van der Waals surface area contributed by atoms with Crippen LogP contribution in [0.2, 0.25) is 0 Å². The van der Waals surface area contributed by atoms with Crippen LogP contribution >= 0.6 is 15.9 Å². The summed E-state index contributed by atoms with van der Waals surface area (Å²) < 4.78 is 2.41. The minimum absolute atomic E-state index is 0.259. The van der Waals surface area contributed by atoms with E-state index in [0.717, 1.165) is 4.47 Å². The third-order valence-electron chi connectivity index (χ3n) is 2.94. The Morgan fingerprint density at radius 2 is 1.75 bits per heavy atom. The molecule has 0 saturated heterocycles. The van der Waals surface area contributed by atoms with E-state index in [2.05, 4.69) is 20.9 Å². The molecule has 2 heterocycles. The van der Waals surface area contributed by atoms with Gasteiger partial charge in [-0.15, -0.1) is 0 Å². The van der Waals surface area contributed by atoms with Gasteiger partial charge in [-0.25, -0.2) is 4.98 Å². The van der Waals surface area contributed by atoms with E-state index < -0.39 is 11.6 Å². The van der Waals surface area contributed by atoms with Crippen molar-refractivity contribution in [1.82, 2.24) is 9.38 Å². The standard InChI is InChI=1S/C15H9BrN2O2/c16-11-6-7-13-17-8-12(18(13)9-11)15(20)14(19)10-4-2-1-3-5-10/h1-9H. The maximum Gasteiger partial charge on any atom is 0.251 e. The van der Waals surface area contributed by atoms with E-state index >= 15 is 0 Å². The summed E-state index contributed by atoms with van der Waals surface area (Å²) in [5, 5.41) is 0. The van der Waals surface area contributed by atoms with E-state index in [9.17, 15) is 9.59 Å². The van der Waals surface area contributed by atoms with Crippen LogP contribution in [0.4, 0.5) is 0 Å². The molecule has 20 heavy (non-hydrogen) atoms. The fraction of sp³-hybridized carbons (Fsp3) is 0. The predicted octanol–water partition coefficient (Wildman–Crippen LogP) is 3.16. The predicted molar refractivity (Wildman–Crippen MR) is 78.0 cm³/mol. The van der Waals surface area contributed by atoms with E-state index in [4.69, 9.17) is 0 Å². The van der Waals surface area contributed by atoms with Gasteiger partial charge in [0, 0.05) is 16.2 Å². The normalized spacial score (nSPS) is 10.7. The maximum absolute atomic E-state index is 12.3. The average Bonchev–Trinajstić information content (AvgIpc) is 2.89. The zero-order chi connectivity index (χ0) is 14.1. The SMILES string of the molecule is O=C(C(=O)c1cnc2ccc(Br)cn12)c1ccccc1. The molecular weight excluding hydrogens is 320 g/mol. The summed E-state index contributed by atoms with van der Waals surface area (Å²) in [6, 6.07) is 12.1. The molecule has 0 aliphatic carbocycles. The van der Waals surface area contributed by atoms with Crippen molar-refractivity contribution in [3.63, 3.8) is 0 Å². The van der Waals surface area contributed by atoms with Crippen molar-refractivity contribution in [2.24, 2.45) is 0 Å². The van der Waals surface area contributed by atoms with E-state index in [1.54, 1.807) is 47.0 Å². The summed E-state index contributed by atoms with van der Waals surface area (Å²) in [6.45, 7) is 0. The Morgan fingerprint density at radius 3 is 2.50 bits per heavy atom. The first-order valence-electron chi connectivity index (χ1n) is 5.93. The second-order valence-corrected chi connectivity index (χ2v) is 5.16. The molecule has 3 rings (SSSR count). The second kappa shape index (κ2) is 5.02. The number of hydrogen-bond acceptors (Lipinski definition) is 3. The Labute approximate surface area is 123 Å². The number of nitrogens with zero attached hydrogens (tertiary/aromatic N) is 2. The molecule has 1 aromatic carbocycles. The molecule has 0 unspecified atom stereocenters. The monoisotopic (exact) mass is 328 g/mol. The number of Topliss-reactive ketones (excluding diaryl/α,β-unsaturated/α-hetero) is 2. The molecule has 0 bridgehead atoms. The van der Waals surface area contributed by atoms with Crippen molar-refractivity contribution in [3.8, 4) is 0 Å². The highest BCUT2D eigenvalue weighted by molar-refractivity contribution is 9.10. The van der Waals surface area contributed by atoms with Crippen LogP contribution in [0, 0.1) is 0 Å². The fourth-order valence-electron chi connectivity index (χ4n) is 1.96. The van der Waals surface area contributed by atoms with Gasteiger partial charge in [0.25, 0.3) is 5.78 Å². The largest absolute Gasteiger partial charge is 0.295 e. The van der Waals surface area contributed by atoms with Crippen LogP contribution in [0.3, 0.4) is 0 Å². The van der Waals surface area contributed by atoms with Crippen molar-refractivity contribution >= 4 is 33.1 Å². The van der Waals surface area contributed by atoms with Crippen molar-refractivity contribution in [2.75, 3.05) is 0 Å². The quantitative estimate of drug-likeness (QED) is 0.548. The molecule has 2 aromatic heterocycles. The minimum atomic E-state index is -0.568. The lowest BCUT2D eigenvalue weighted by Crippen LogP contribution is -2.16. The molecule has 0 saturated carbocycles. The average molecular weight is 329 g/mol. The minimum Gasteiger partial charge on any atom is -0.295 e. The lowest BCUT2D eigenvalue weighted by molar-refractivity contribution is 0.0813. The molecule has 0 spiro atoms. The van der Waals surface area contributed by atoms with Gasteiger partial charge in [0.1, 0.15) is 11.3 Å². The van der Waals surface area contributed by atoms with E-state index in [1.165, 1.54) is 6.20 Å². The van der Waals surface area contributed by atoms with Gasteiger partial charge in [0.05, 0.1) is 6.20 Å². The Balaban J connectivity index is 2.05. The van der Waals surface area contributed by atoms with Crippen LogP contribution in [-0.2, 0) is 0 Å². The molecule has 0 amide bonds. The highest BCUT2D eigenvalue weighted by Crippen LogP contribution is 2.15. The van der Waals surface area contributed by atoms with Gasteiger partial charge in [-0.1, -0.05) is 30.3 Å². The number of aromatic nitrogens is 2. The smallest absolute Gasteiger partial charge is 0.251 e. The molecule has 98 valence electrons. The lowest BCUT2D eigenvalue weighted by Gasteiger charge is -2.01. The van der Waals surface area contributed by atoms with Gasteiger partial charge in [0.2, 0.25) is 5.78 Å². The lowest BCUT2D eigenvalue weighted by atomic mass is 10.1. The topological polar surface area (TPSA) is 51.4 Å². The first-order chi connectivity index (χ1) is 9.66. The second-order valence-electron chi connectivity index (χ2n) is 4.24. The summed E-state index contributed by atoms with van der Waals surface area (Å²) in [6.07, 6.45) is 3.14. The van der Waals surface area contributed by atoms with E-state index in [-0.39, 0.29) is 5.69 Å². The molecular formula is C15H9BrN2O2. The van der Waals surface area contributed by atoms with Crippen LogP contribution < -0.4 is 0 Å². The number of carbonyl (C=O) groups is 2. The van der Waals surface area contributed by atoms with Crippen molar-refractivity contribution in [3.05, 3.63) is 70.6 Å². The summed E-state index contributed by atoms with van der Waals surface area (Å²) in [5.74, 6) is -1.10. The number of rotatable bonds is 3. The highest BCUT2D eigenvalue weighted by atomic mass is 79.9. The zero-order valence-electron chi connectivity index (χ0n) is 10.3. The summed E-state index contributed by atoms with van der Waals surface area (Å²) in [5.41, 5.74) is 1.26. The van der Waals surface area contributed by atoms with Crippen LogP contribution in [0.25, 0.3) is 5.65 Å². The van der Waals surface area contributed by atoms with Gasteiger partial charge in [0.15, 0.2) is 0 Å². The highest BCUT2D eigenvalue weighted by Gasteiger charge is 2.21. The molecule has 4 nitrogen and oxygen atoms in total. The van der Waals surface area contributed by atoms with Gasteiger partial charge in [-0.05, 0) is 28.1 Å². The van der Waals surface area contributed by atoms with Gasteiger partial charge < -0.3 is 0 Å². The van der Waals surface area contributed by atoms with Crippen LogP contribution in [0.5, 0.6) is 0 Å². The van der Waals surface area contributed by atoms with Gasteiger partial charge in [-0.2, -0.15) is 0 Å². The van der Waals surface area contributed by atoms with Crippen LogP contribution in [-0.4, -0.2) is 21.0 Å². The number of hydrogen-bond donors (Lipinski definition) is 0. The third kappa shape index (κ3) is 2.16. The molecule has 0 N–H and O–H groups in total. The number of fused-ring (bicyclic) bond motifs is 1. The summed E-state index contributed by atoms with van der Waals surface area (Å²) in [4.78, 5) is 28.6. The Bertz CT molecular complexity index is 809. The molecule has 0 fully saturated rings. The van der Waals surface area contributed by atoms with E-state index in [0.29, 0.717) is 11.2 Å². The Kier molecular flexibility index (Phi) is 3.20. The third-order valence-corrected chi connectivity index (χ3v) is 3.41. The number of benzene rings is 1. The molecule has 0 radical (unpaired) electrons. The van der Waals surface area contributed by atoms with E-state index in [1.807, 2.05) is 6.07 Å². The van der Waals surface area contributed by atoms with Crippen molar-refractivity contribution < 1.29 is 9.59 Å². The number of carbonyl (C=O) groups excluding carboxylic acids is 2.